The van der Waals surface area contributed by atoms with Crippen molar-refractivity contribution in [3.63, 3.8) is 0 Å². The molecule has 1 aliphatic heterocycles. The van der Waals surface area contributed by atoms with E-state index >= 15 is 0 Å². The molecule has 0 radical (unpaired) electrons. The molecule has 3 amide bonds. The van der Waals surface area contributed by atoms with Crippen LogP contribution in [0.2, 0.25) is 0 Å². The van der Waals surface area contributed by atoms with E-state index in [1.165, 1.54) is 4.90 Å². The zero-order valence-electron chi connectivity index (χ0n) is 29.1. The predicted molar refractivity (Wildman–Crippen MR) is 191 cm³/mol. The first-order valence-electron chi connectivity index (χ1n) is 17.3. The number of methoxy groups -OCH3 is 1. The van der Waals surface area contributed by atoms with Gasteiger partial charge in [0.25, 0.3) is 0 Å². The molecule has 0 bridgehead atoms. The topological polar surface area (TPSA) is 173 Å². The summed E-state index contributed by atoms with van der Waals surface area (Å²) in [4.78, 5) is 52.2. The summed E-state index contributed by atoms with van der Waals surface area (Å²) in [6.45, 7) is 5.47. The molecule has 1 saturated heterocycles. The fourth-order valence-electron chi connectivity index (χ4n) is 6.83. The zero-order chi connectivity index (χ0) is 36.5. The minimum Gasteiger partial charge on any atom is -0.206 e. The van der Waals surface area contributed by atoms with Crippen molar-refractivity contribution in [1.29, 1.82) is 0 Å². The number of likely N-dealkylation sites (tertiary alicyclic amines) is 1. The van der Waals surface area contributed by atoms with Crippen LogP contribution in [0.3, 0.4) is 0 Å². The molecule has 2 N–H and O–H groups in total. The first kappa shape index (κ1) is 36.1. The summed E-state index contributed by atoms with van der Waals surface area (Å²) in [5.41, 5.74) is 0.729. The van der Waals surface area contributed by atoms with E-state index in [0.717, 1.165) is 11.7 Å². The monoisotopic (exact) mass is 715 g/mol. The summed E-state index contributed by atoms with van der Waals surface area (Å²) in [5.74, 6) is -1.30. The van der Waals surface area contributed by atoms with Crippen molar-refractivity contribution in [2.75, 3.05) is 13.7 Å². The maximum absolute atomic E-state index is 14.2. The van der Waals surface area contributed by atoms with E-state index in [1.54, 1.807) is 33.1 Å². The van der Waals surface area contributed by atoms with E-state index in [2.05, 4.69) is 15.0 Å². The normalized spacial score (nSPS) is 23.5. The van der Waals surface area contributed by atoms with Gasteiger partial charge in [0.15, 0.2) is 0 Å². The number of carbonyl (C=O) groups excluding carboxylic acids is 3. The molecule has 51 heavy (non-hydrogen) atoms. The van der Waals surface area contributed by atoms with E-state index in [-0.39, 0.29) is 31.2 Å². The summed E-state index contributed by atoms with van der Waals surface area (Å²) in [7, 11) is -1.79. The first-order chi connectivity index (χ1) is 24.4. The number of nitrogens with one attached hydrogen (secondary N) is 2. The van der Waals surface area contributed by atoms with E-state index in [1.807, 2.05) is 49.4 Å². The molecule has 2 saturated carbocycles. The Bertz CT molecular complexity index is 1970. The first-order valence-corrected chi connectivity index (χ1v) is 18.8. The molecular formula is C36H42BN5O8S. The van der Waals surface area contributed by atoms with Crippen molar-refractivity contribution < 1.29 is 37.0 Å². The van der Waals surface area contributed by atoms with Crippen LogP contribution >= 0.6 is 0 Å². The van der Waals surface area contributed by atoms with Gasteiger partial charge in [-0.25, -0.2) is 8.42 Å². The SMILES string of the molecule is CCC1CC1(NC(=O)C1CC(Oc2cc(-c3ccccc3)nc3cc(OC)ccc23)CN1C(=O)C(N=CB=O)C(C)C)C(=O)NS(=O)(=O)C1CC1. The molecule has 3 fully saturated rings. The number of amides is 3. The number of hydrogen-bond acceptors (Lipinski definition) is 10. The average molecular weight is 716 g/mol. The van der Waals surface area contributed by atoms with Crippen molar-refractivity contribution in [2.45, 2.75) is 81.9 Å². The molecule has 0 spiro atoms. The maximum atomic E-state index is 14.2. The third-order valence-electron chi connectivity index (χ3n) is 9.93. The van der Waals surface area contributed by atoms with Crippen molar-refractivity contribution in [2.24, 2.45) is 16.8 Å². The van der Waals surface area contributed by atoms with E-state index in [9.17, 15) is 27.5 Å². The van der Waals surface area contributed by atoms with E-state index in [4.69, 9.17) is 14.5 Å². The third-order valence-corrected chi connectivity index (χ3v) is 11.7. The van der Waals surface area contributed by atoms with Crippen molar-refractivity contribution >= 4 is 51.9 Å². The van der Waals surface area contributed by atoms with Crippen LogP contribution in [0.15, 0.2) is 59.6 Å². The van der Waals surface area contributed by atoms with Gasteiger partial charge >= 0.3 is 224 Å². The predicted octanol–water partition coefficient (Wildman–Crippen LogP) is 3.25. The Morgan fingerprint density at radius 3 is 2.51 bits per heavy atom. The molecule has 2 heterocycles. The Morgan fingerprint density at radius 1 is 1.14 bits per heavy atom. The number of carbonyl (C=O) groups is 3. The molecule has 6 rings (SSSR count). The summed E-state index contributed by atoms with van der Waals surface area (Å²) < 4.78 is 50.8. The van der Waals surface area contributed by atoms with Crippen molar-refractivity contribution in [3.05, 3.63) is 54.6 Å². The van der Waals surface area contributed by atoms with Gasteiger partial charge in [0.1, 0.15) is 5.75 Å². The Hall–Kier alpha value is -4.66. The van der Waals surface area contributed by atoms with Gasteiger partial charge in [0, 0.05) is 0 Å². The number of benzene rings is 2. The minimum atomic E-state index is -3.85. The molecular weight excluding hydrogens is 673 g/mol. The Morgan fingerprint density at radius 2 is 1.88 bits per heavy atom. The van der Waals surface area contributed by atoms with Crippen LogP contribution < -0.4 is 19.5 Å². The molecule has 13 nitrogen and oxygen atoms in total. The number of aliphatic imine (C=N–C) groups is 1. The Labute approximate surface area is 297 Å². The number of ether oxygens (including phenoxy) is 2. The molecule has 5 unspecified atom stereocenters. The van der Waals surface area contributed by atoms with Gasteiger partial charge in [-0.3, -0.25) is 0 Å². The van der Waals surface area contributed by atoms with E-state index < -0.39 is 56.7 Å². The summed E-state index contributed by atoms with van der Waals surface area (Å²) in [6, 6.07) is 14.8. The molecule has 15 heteroatoms. The quantitative estimate of drug-likeness (QED) is 0.188. The number of fused-ring (bicyclic) bond motifs is 1. The Kier molecular flexibility index (Phi) is 10.3. The molecule has 5 atom stereocenters. The van der Waals surface area contributed by atoms with Crippen LogP contribution in [0.25, 0.3) is 22.2 Å². The molecule has 2 aromatic carbocycles. The van der Waals surface area contributed by atoms with Gasteiger partial charge in [-0.2, -0.15) is 0 Å². The van der Waals surface area contributed by atoms with Crippen LogP contribution in [0.1, 0.15) is 52.9 Å². The second-order valence-corrected chi connectivity index (χ2v) is 15.8. The number of nitrogens with zero attached hydrogens (tertiary/aromatic N) is 3. The van der Waals surface area contributed by atoms with Gasteiger partial charge in [-0.1, -0.05) is 30.3 Å². The summed E-state index contributed by atoms with van der Waals surface area (Å²) in [6.07, 6.45) is 2.22. The van der Waals surface area contributed by atoms with E-state index in [0.29, 0.717) is 54.5 Å². The van der Waals surface area contributed by atoms with Crippen molar-refractivity contribution in [3.8, 4) is 22.8 Å². The van der Waals surface area contributed by atoms with Gasteiger partial charge in [0.2, 0.25) is 0 Å². The average Bonchev–Trinajstić information content (AvgIpc) is 4.05. The third kappa shape index (κ3) is 7.53. The molecule has 3 aromatic rings. The number of hydrogen-bond donors (Lipinski definition) is 2. The number of aromatic nitrogens is 1. The number of rotatable bonds is 14. The number of sulfonamides is 1. The van der Waals surface area contributed by atoms with Gasteiger partial charge < -0.3 is 4.74 Å². The molecule has 1 aromatic heterocycles. The van der Waals surface area contributed by atoms with Crippen molar-refractivity contribution in [1.82, 2.24) is 19.9 Å². The standard InChI is InChI=1S/C36H42BN5O8S/c1-5-23-18-36(23,35(45)41-51(47,48)26-12-13-26)40-33(43)30-16-25(19-42(30)34(44)32(21(2)3)38-20-37-46)50-31-17-28(22-9-7-6-8-10-22)39-29-15-24(49-4)11-14-27(29)31/h6-11,14-15,17,20-21,23,25-26,30,32H,5,12-13,16,18-19H2,1-4H3,(H,40,43)(H,41,45). The van der Waals surface area contributed by atoms with Crippen LogP contribution in [0.5, 0.6) is 11.5 Å². The zero-order valence-corrected chi connectivity index (χ0v) is 29.9. The van der Waals surface area contributed by atoms with Crippen LogP contribution in [-0.4, -0.2) is 91.9 Å². The summed E-state index contributed by atoms with van der Waals surface area (Å²) in [5, 5.41) is 2.95. The fraction of sp³-hybridized carbons (Fsp3) is 0.472. The molecule has 268 valence electrons. The van der Waals surface area contributed by atoms with Crippen LogP contribution in [-0.2, 0) is 29.1 Å². The number of pyridine rings is 1. The van der Waals surface area contributed by atoms with Gasteiger partial charge in [-0.05, 0) is 12.8 Å². The minimum absolute atomic E-state index is 0.0177. The second-order valence-electron chi connectivity index (χ2n) is 13.8. The smallest absolute Gasteiger partial charge is 0.206 e. The van der Waals surface area contributed by atoms with Crippen LogP contribution in [0.4, 0.5) is 0 Å². The summed E-state index contributed by atoms with van der Waals surface area (Å²) >= 11 is 0. The van der Waals surface area contributed by atoms with Crippen LogP contribution in [0, 0.1) is 11.8 Å². The second kappa shape index (κ2) is 14.5. The molecule has 3 aliphatic rings. The fourth-order valence-corrected chi connectivity index (χ4v) is 8.19. The Balaban J connectivity index is 1.32. The van der Waals surface area contributed by atoms with Gasteiger partial charge in [-0.15, -0.1) is 0 Å². The molecule has 2 aliphatic carbocycles. The van der Waals surface area contributed by atoms with Gasteiger partial charge in [0.05, 0.1) is 12.4 Å².